The van der Waals surface area contributed by atoms with Crippen LogP contribution in [-0.4, -0.2) is 6.04 Å². The van der Waals surface area contributed by atoms with Crippen molar-refractivity contribution in [1.29, 1.82) is 0 Å². The number of fused-ring (bicyclic) bond motifs is 3. The number of hydrogen-bond acceptors (Lipinski definition) is 4. The second kappa shape index (κ2) is 5.20. The van der Waals surface area contributed by atoms with Crippen LogP contribution in [0, 0.1) is 5.92 Å². The lowest BCUT2D eigenvalue weighted by Gasteiger charge is -2.28. The summed E-state index contributed by atoms with van der Waals surface area (Å²) in [6.07, 6.45) is 4.89. The Hall–Kier alpha value is -2.23. The Labute approximate surface area is 128 Å². The first-order chi connectivity index (χ1) is 10.7. The molecule has 4 rings (SSSR count). The molecule has 4 heteroatoms. The highest BCUT2D eigenvalue weighted by atomic mass is 16.6. The summed E-state index contributed by atoms with van der Waals surface area (Å²) in [6.45, 7) is 2.32. The van der Waals surface area contributed by atoms with Crippen LogP contribution in [0.4, 0.5) is 5.69 Å². The van der Waals surface area contributed by atoms with Crippen LogP contribution < -0.4 is 11.1 Å². The number of nitrogens with one attached hydrogen (secondary N) is 1. The quantitative estimate of drug-likeness (QED) is 0.755. The molecule has 0 spiro atoms. The van der Waals surface area contributed by atoms with Crippen molar-refractivity contribution in [2.75, 3.05) is 5.32 Å². The second-order valence-electron chi connectivity index (χ2n) is 6.35. The topological polar surface area (TPSA) is 55.4 Å². The van der Waals surface area contributed by atoms with Crippen molar-refractivity contribution in [1.82, 2.24) is 0 Å². The Bertz CT molecular complexity index is 869. The molecule has 1 N–H and O–H groups in total. The van der Waals surface area contributed by atoms with Gasteiger partial charge in [-0.25, -0.2) is 4.79 Å². The summed E-state index contributed by atoms with van der Waals surface area (Å²) in [4.78, 5) is 11.4. The largest absolute Gasteiger partial charge is 0.519 e. The van der Waals surface area contributed by atoms with E-state index in [9.17, 15) is 4.79 Å². The van der Waals surface area contributed by atoms with Gasteiger partial charge in [0.2, 0.25) is 0 Å². The summed E-state index contributed by atoms with van der Waals surface area (Å²) in [5.74, 6) is 0.174. The summed E-state index contributed by atoms with van der Waals surface area (Å²) in [5.41, 5.74) is 2.06. The van der Waals surface area contributed by atoms with Crippen LogP contribution >= 0.6 is 0 Å². The molecule has 3 aromatic rings. The summed E-state index contributed by atoms with van der Waals surface area (Å²) in [7, 11) is 0. The van der Waals surface area contributed by atoms with Gasteiger partial charge in [0, 0.05) is 28.6 Å². The number of rotatable bonds is 2. The molecule has 22 heavy (non-hydrogen) atoms. The zero-order chi connectivity index (χ0) is 15.1. The zero-order valence-electron chi connectivity index (χ0n) is 12.6. The molecule has 0 atom stereocenters. The van der Waals surface area contributed by atoms with Gasteiger partial charge in [-0.2, -0.15) is 0 Å². The van der Waals surface area contributed by atoms with Crippen molar-refractivity contribution in [3.63, 3.8) is 0 Å². The molecule has 2 aromatic carbocycles. The van der Waals surface area contributed by atoms with E-state index < -0.39 is 5.82 Å². The summed E-state index contributed by atoms with van der Waals surface area (Å²) >= 11 is 0. The average Bonchev–Trinajstić information content (AvgIpc) is 2.90. The fourth-order valence-corrected chi connectivity index (χ4v) is 3.44. The van der Waals surface area contributed by atoms with Gasteiger partial charge in [0.05, 0.1) is 0 Å². The lowest BCUT2D eigenvalue weighted by molar-refractivity contribution is 0.361. The molecule has 1 saturated carbocycles. The third kappa shape index (κ3) is 2.28. The average molecular weight is 297 g/mol. The van der Waals surface area contributed by atoms with Crippen molar-refractivity contribution in [3.8, 4) is 0 Å². The molecular weight excluding hydrogens is 278 g/mol. The van der Waals surface area contributed by atoms with Crippen LogP contribution in [0.5, 0.6) is 0 Å². The first kappa shape index (κ1) is 13.4. The number of anilines is 1. The molecule has 1 aliphatic rings. The van der Waals surface area contributed by atoms with Crippen molar-refractivity contribution in [2.45, 2.75) is 38.6 Å². The molecule has 1 fully saturated rings. The van der Waals surface area contributed by atoms with Crippen LogP contribution in [0.3, 0.4) is 0 Å². The minimum atomic E-state index is -0.649. The molecule has 0 saturated heterocycles. The van der Waals surface area contributed by atoms with E-state index >= 15 is 0 Å². The SMILES string of the molecule is CC1CCC(Nc2cc3oc(=O)oc3c3ccccc23)CC1. The van der Waals surface area contributed by atoms with Crippen LogP contribution in [0.2, 0.25) is 0 Å². The highest BCUT2D eigenvalue weighted by Gasteiger charge is 2.20. The van der Waals surface area contributed by atoms with E-state index in [-0.39, 0.29) is 0 Å². The molecule has 0 radical (unpaired) electrons. The first-order valence-electron chi connectivity index (χ1n) is 7.92. The Kier molecular flexibility index (Phi) is 3.17. The minimum absolute atomic E-state index is 0.482. The predicted octanol–water partition coefficient (Wildman–Crippen LogP) is 4.53. The Morgan fingerprint density at radius 3 is 2.55 bits per heavy atom. The predicted molar refractivity (Wildman–Crippen MR) is 87.3 cm³/mol. The van der Waals surface area contributed by atoms with Crippen LogP contribution in [0.15, 0.2) is 44.0 Å². The van der Waals surface area contributed by atoms with Gasteiger partial charge in [-0.3, -0.25) is 0 Å². The van der Waals surface area contributed by atoms with E-state index in [0.29, 0.717) is 17.2 Å². The maximum atomic E-state index is 11.4. The fourth-order valence-electron chi connectivity index (χ4n) is 3.44. The molecule has 4 nitrogen and oxygen atoms in total. The molecule has 0 unspecified atom stereocenters. The summed E-state index contributed by atoms with van der Waals surface area (Å²) in [5, 5.41) is 5.62. The van der Waals surface area contributed by atoms with Crippen molar-refractivity contribution in [2.24, 2.45) is 5.92 Å². The van der Waals surface area contributed by atoms with E-state index in [4.69, 9.17) is 8.83 Å². The zero-order valence-corrected chi connectivity index (χ0v) is 12.6. The van der Waals surface area contributed by atoms with Crippen LogP contribution in [0.1, 0.15) is 32.6 Å². The lowest BCUT2D eigenvalue weighted by Crippen LogP contribution is -2.25. The minimum Gasteiger partial charge on any atom is -0.391 e. The summed E-state index contributed by atoms with van der Waals surface area (Å²) < 4.78 is 10.4. The van der Waals surface area contributed by atoms with Gasteiger partial charge >= 0.3 is 5.82 Å². The third-order valence-corrected chi connectivity index (χ3v) is 4.72. The van der Waals surface area contributed by atoms with Gasteiger partial charge in [0.25, 0.3) is 0 Å². The van der Waals surface area contributed by atoms with Crippen molar-refractivity contribution >= 4 is 27.6 Å². The van der Waals surface area contributed by atoms with E-state index in [2.05, 4.69) is 18.3 Å². The molecule has 1 aliphatic carbocycles. The molecule has 114 valence electrons. The Morgan fingerprint density at radius 2 is 1.77 bits per heavy atom. The molecule has 0 bridgehead atoms. The maximum Gasteiger partial charge on any atom is 0.519 e. The molecule has 1 aromatic heterocycles. The standard InChI is InChI=1S/C18H19NO3/c1-11-6-8-12(9-7-11)19-15-10-16-17(22-18(20)21-16)14-5-3-2-4-13(14)15/h2-5,10-12,19H,6-9H2,1H3. The van der Waals surface area contributed by atoms with Gasteiger partial charge < -0.3 is 14.2 Å². The van der Waals surface area contributed by atoms with Gasteiger partial charge in [0.1, 0.15) is 0 Å². The van der Waals surface area contributed by atoms with E-state index in [0.717, 1.165) is 22.4 Å². The first-order valence-corrected chi connectivity index (χ1v) is 7.92. The van der Waals surface area contributed by atoms with Crippen molar-refractivity contribution in [3.05, 3.63) is 40.9 Å². The van der Waals surface area contributed by atoms with Gasteiger partial charge in [-0.1, -0.05) is 31.2 Å². The van der Waals surface area contributed by atoms with E-state index in [1.807, 2.05) is 24.3 Å². The second-order valence-corrected chi connectivity index (χ2v) is 6.35. The normalized spacial score (nSPS) is 22.2. The smallest absolute Gasteiger partial charge is 0.391 e. The Balaban J connectivity index is 1.79. The highest BCUT2D eigenvalue weighted by Crippen LogP contribution is 2.34. The molecule has 1 heterocycles. The van der Waals surface area contributed by atoms with Gasteiger partial charge in [-0.15, -0.1) is 0 Å². The maximum absolute atomic E-state index is 11.4. The molecule has 0 aliphatic heterocycles. The van der Waals surface area contributed by atoms with Crippen LogP contribution in [-0.2, 0) is 0 Å². The van der Waals surface area contributed by atoms with E-state index in [1.165, 1.54) is 25.7 Å². The van der Waals surface area contributed by atoms with Gasteiger partial charge in [0.15, 0.2) is 11.2 Å². The molecular formula is C18H19NO3. The third-order valence-electron chi connectivity index (χ3n) is 4.72. The monoisotopic (exact) mass is 297 g/mol. The lowest BCUT2D eigenvalue weighted by atomic mass is 9.87. The Morgan fingerprint density at radius 1 is 1.05 bits per heavy atom. The molecule has 0 amide bonds. The number of benzene rings is 2. The van der Waals surface area contributed by atoms with Crippen LogP contribution in [0.25, 0.3) is 21.9 Å². The van der Waals surface area contributed by atoms with Crippen molar-refractivity contribution < 1.29 is 8.83 Å². The number of hydrogen-bond donors (Lipinski definition) is 1. The summed E-state index contributed by atoms with van der Waals surface area (Å²) in [6, 6.07) is 10.3. The van der Waals surface area contributed by atoms with Gasteiger partial charge in [-0.05, 0) is 31.6 Å². The highest BCUT2D eigenvalue weighted by molar-refractivity contribution is 6.08. The van der Waals surface area contributed by atoms with E-state index in [1.54, 1.807) is 0 Å². The fraction of sp³-hybridized carbons (Fsp3) is 0.389.